The topological polar surface area (TPSA) is 76.2 Å². The molecule has 0 unspecified atom stereocenters. The van der Waals surface area contributed by atoms with Crippen molar-refractivity contribution in [2.45, 2.75) is 24.2 Å². The van der Waals surface area contributed by atoms with E-state index in [-0.39, 0.29) is 23.2 Å². The summed E-state index contributed by atoms with van der Waals surface area (Å²) in [5.41, 5.74) is 0. The van der Waals surface area contributed by atoms with Gasteiger partial charge in [0.2, 0.25) is 0 Å². The van der Waals surface area contributed by atoms with Crippen LogP contribution in [0.2, 0.25) is 0 Å². The van der Waals surface area contributed by atoms with Gasteiger partial charge in [-0.2, -0.15) is 18.2 Å². The second-order valence-corrected chi connectivity index (χ2v) is 3.70. The first-order valence-corrected chi connectivity index (χ1v) is 5.09. The highest BCUT2D eigenvalue weighted by Crippen LogP contribution is 2.22. The molecule has 0 amide bonds. The molecule has 1 rings (SSSR count). The van der Waals surface area contributed by atoms with Gasteiger partial charge in [-0.25, -0.2) is 0 Å². The van der Waals surface area contributed by atoms with Gasteiger partial charge in [0, 0.05) is 6.42 Å². The summed E-state index contributed by atoms with van der Waals surface area (Å²) >= 11 is 0.762. The molecule has 9 heteroatoms. The number of thioether (sulfide) groups is 1. The molecule has 0 spiro atoms. The minimum atomic E-state index is -4.27. The molecule has 0 aromatic carbocycles. The Balaban J connectivity index is 2.42. The van der Waals surface area contributed by atoms with Gasteiger partial charge in [0.15, 0.2) is 5.82 Å². The molecule has 0 fully saturated rings. The van der Waals surface area contributed by atoms with Crippen LogP contribution in [0.4, 0.5) is 13.2 Å². The molecule has 0 saturated carbocycles. The maximum absolute atomic E-state index is 11.8. The molecule has 0 atom stereocenters. The highest BCUT2D eigenvalue weighted by atomic mass is 32.2. The standard InChI is InChI=1S/C7H7F3N2O3S/c8-7(9,10)2-1-4-11-6(15-12-4)16-3-5(13)14/h1-3H2,(H,13,14). The van der Waals surface area contributed by atoms with Crippen LogP contribution in [0.1, 0.15) is 12.2 Å². The Morgan fingerprint density at radius 3 is 2.75 bits per heavy atom. The minimum Gasteiger partial charge on any atom is -0.481 e. The van der Waals surface area contributed by atoms with Gasteiger partial charge in [0.05, 0.1) is 6.42 Å². The summed E-state index contributed by atoms with van der Waals surface area (Å²) in [6.45, 7) is 0. The molecular formula is C7H7F3N2O3S. The number of aromatic nitrogens is 2. The van der Waals surface area contributed by atoms with Crippen LogP contribution in [0.15, 0.2) is 9.75 Å². The number of halogens is 3. The van der Waals surface area contributed by atoms with Crippen LogP contribution in [0.5, 0.6) is 0 Å². The van der Waals surface area contributed by atoms with Crippen LogP contribution in [0, 0.1) is 0 Å². The largest absolute Gasteiger partial charge is 0.481 e. The van der Waals surface area contributed by atoms with Gasteiger partial charge >= 0.3 is 12.1 Å². The molecule has 1 heterocycles. The van der Waals surface area contributed by atoms with E-state index in [1.54, 1.807) is 0 Å². The summed E-state index contributed by atoms with van der Waals surface area (Å²) in [5.74, 6) is -1.42. The predicted octanol–water partition coefficient (Wildman–Crippen LogP) is 1.74. The molecule has 1 aromatic rings. The Bertz CT molecular complexity index is 366. The first-order chi connectivity index (χ1) is 7.37. The Hall–Kier alpha value is -1.25. The molecule has 0 saturated heterocycles. The summed E-state index contributed by atoms with van der Waals surface area (Å²) in [6, 6.07) is 0. The first kappa shape index (κ1) is 12.8. The van der Waals surface area contributed by atoms with Crippen molar-refractivity contribution in [2.24, 2.45) is 0 Å². The van der Waals surface area contributed by atoms with Crippen LogP contribution in [-0.4, -0.2) is 33.1 Å². The van der Waals surface area contributed by atoms with E-state index < -0.39 is 18.6 Å². The number of carboxylic acids is 1. The average Bonchev–Trinajstić information content (AvgIpc) is 2.58. The number of aliphatic carboxylic acids is 1. The molecule has 0 radical (unpaired) electrons. The Labute approximate surface area is 92.0 Å². The Morgan fingerprint density at radius 2 is 2.19 bits per heavy atom. The molecule has 0 aliphatic carbocycles. The maximum Gasteiger partial charge on any atom is 0.389 e. The fourth-order valence-electron chi connectivity index (χ4n) is 0.775. The summed E-state index contributed by atoms with van der Waals surface area (Å²) in [4.78, 5) is 13.8. The smallest absolute Gasteiger partial charge is 0.389 e. The van der Waals surface area contributed by atoms with E-state index in [0.717, 1.165) is 11.8 Å². The monoisotopic (exact) mass is 256 g/mol. The zero-order chi connectivity index (χ0) is 12.2. The quantitative estimate of drug-likeness (QED) is 0.808. The van der Waals surface area contributed by atoms with E-state index in [4.69, 9.17) is 5.11 Å². The molecule has 16 heavy (non-hydrogen) atoms. The third-order valence-corrected chi connectivity index (χ3v) is 2.20. The van der Waals surface area contributed by atoms with Gasteiger partial charge in [-0.3, -0.25) is 4.79 Å². The third kappa shape index (κ3) is 5.01. The van der Waals surface area contributed by atoms with Gasteiger partial charge in [0.25, 0.3) is 5.22 Å². The molecule has 90 valence electrons. The van der Waals surface area contributed by atoms with Crippen molar-refractivity contribution in [2.75, 3.05) is 5.75 Å². The lowest BCUT2D eigenvalue weighted by atomic mass is 10.3. The van der Waals surface area contributed by atoms with Crippen molar-refractivity contribution in [1.29, 1.82) is 0 Å². The highest BCUT2D eigenvalue weighted by Gasteiger charge is 2.27. The minimum absolute atomic E-state index is 0.0421. The third-order valence-electron chi connectivity index (χ3n) is 1.40. The zero-order valence-corrected chi connectivity index (χ0v) is 8.64. The molecule has 0 bridgehead atoms. The number of hydrogen-bond donors (Lipinski definition) is 1. The van der Waals surface area contributed by atoms with E-state index in [9.17, 15) is 18.0 Å². The van der Waals surface area contributed by atoms with Crippen LogP contribution in [0.3, 0.4) is 0 Å². The summed E-state index contributed by atoms with van der Waals surface area (Å²) in [6.07, 6.45) is -5.68. The van der Waals surface area contributed by atoms with Gasteiger partial charge in [0.1, 0.15) is 5.75 Å². The van der Waals surface area contributed by atoms with Crippen LogP contribution >= 0.6 is 11.8 Å². The normalized spacial score (nSPS) is 11.7. The number of hydrogen-bond acceptors (Lipinski definition) is 5. The Kier molecular flexibility index (Phi) is 4.16. The SMILES string of the molecule is O=C(O)CSc1nc(CCC(F)(F)F)no1. The van der Waals surface area contributed by atoms with E-state index in [1.807, 2.05) is 0 Å². The van der Waals surface area contributed by atoms with Crippen molar-refractivity contribution >= 4 is 17.7 Å². The molecule has 1 N–H and O–H groups in total. The molecule has 1 aromatic heterocycles. The molecular weight excluding hydrogens is 249 g/mol. The van der Waals surface area contributed by atoms with E-state index in [0.29, 0.717) is 0 Å². The number of rotatable bonds is 5. The van der Waals surface area contributed by atoms with Gasteiger partial charge in [-0.05, 0) is 0 Å². The van der Waals surface area contributed by atoms with Crippen molar-refractivity contribution < 1.29 is 27.6 Å². The van der Waals surface area contributed by atoms with Gasteiger partial charge in [-0.1, -0.05) is 16.9 Å². The summed E-state index contributed by atoms with van der Waals surface area (Å²) in [7, 11) is 0. The maximum atomic E-state index is 11.8. The van der Waals surface area contributed by atoms with Gasteiger partial charge < -0.3 is 9.63 Å². The van der Waals surface area contributed by atoms with Crippen molar-refractivity contribution in [3.63, 3.8) is 0 Å². The number of aryl methyl sites for hydroxylation is 1. The summed E-state index contributed by atoms with van der Waals surface area (Å²) in [5, 5.41) is 11.6. The van der Waals surface area contributed by atoms with Crippen molar-refractivity contribution in [3.8, 4) is 0 Å². The van der Waals surface area contributed by atoms with E-state index >= 15 is 0 Å². The lowest BCUT2D eigenvalue weighted by Gasteiger charge is -2.01. The first-order valence-electron chi connectivity index (χ1n) is 4.11. The average molecular weight is 256 g/mol. The fraction of sp³-hybridized carbons (Fsp3) is 0.571. The lowest BCUT2D eigenvalue weighted by molar-refractivity contribution is -0.135. The van der Waals surface area contributed by atoms with Crippen LogP contribution in [-0.2, 0) is 11.2 Å². The lowest BCUT2D eigenvalue weighted by Crippen LogP contribution is -2.09. The number of alkyl halides is 3. The Morgan fingerprint density at radius 1 is 1.50 bits per heavy atom. The van der Waals surface area contributed by atoms with Crippen LogP contribution in [0.25, 0.3) is 0 Å². The summed E-state index contributed by atoms with van der Waals surface area (Å²) < 4.78 is 40.1. The number of nitrogens with zero attached hydrogens (tertiary/aromatic N) is 2. The van der Waals surface area contributed by atoms with Crippen LogP contribution < -0.4 is 0 Å². The van der Waals surface area contributed by atoms with E-state index in [2.05, 4.69) is 14.7 Å². The second-order valence-electron chi connectivity index (χ2n) is 2.77. The van der Waals surface area contributed by atoms with Crippen molar-refractivity contribution in [3.05, 3.63) is 5.82 Å². The fourth-order valence-corrected chi connectivity index (χ4v) is 1.28. The molecule has 5 nitrogen and oxygen atoms in total. The predicted molar refractivity (Wildman–Crippen MR) is 47.0 cm³/mol. The molecule has 0 aliphatic heterocycles. The highest BCUT2D eigenvalue weighted by molar-refractivity contribution is 7.99. The van der Waals surface area contributed by atoms with Gasteiger partial charge in [-0.15, -0.1) is 0 Å². The second kappa shape index (κ2) is 5.19. The zero-order valence-electron chi connectivity index (χ0n) is 7.82. The van der Waals surface area contributed by atoms with Crippen molar-refractivity contribution in [1.82, 2.24) is 10.1 Å². The van der Waals surface area contributed by atoms with E-state index in [1.165, 1.54) is 0 Å². The number of carbonyl (C=O) groups is 1. The molecule has 0 aliphatic rings. The number of carboxylic acid groups (broad SMARTS) is 1.